The summed E-state index contributed by atoms with van der Waals surface area (Å²) < 4.78 is 5.18. The summed E-state index contributed by atoms with van der Waals surface area (Å²) >= 11 is 0. The van der Waals surface area contributed by atoms with Gasteiger partial charge >= 0.3 is 5.97 Å². The van der Waals surface area contributed by atoms with Crippen molar-refractivity contribution in [3.05, 3.63) is 0 Å². The van der Waals surface area contributed by atoms with Crippen molar-refractivity contribution in [1.29, 1.82) is 0 Å². The van der Waals surface area contributed by atoms with Gasteiger partial charge in [-0.2, -0.15) is 0 Å². The molecule has 0 spiro atoms. The Kier molecular flexibility index (Phi) is 8.88. The van der Waals surface area contributed by atoms with Crippen molar-refractivity contribution in [2.24, 2.45) is 10.9 Å². The second-order valence-corrected chi connectivity index (χ2v) is 7.45. The minimum atomic E-state index is -0.118. The molecule has 0 aromatic carbocycles. The van der Waals surface area contributed by atoms with E-state index in [1.54, 1.807) is 0 Å². The zero-order valence-corrected chi connectivity index (χ0v) is 17.2. The van der Waals surface area contributed by atoms with Gasteiger partial charge in [0.05, 0.1) is 19.1 Å². The molecule has 0 aliphatic carbocycles. The summed E-state index contributed by atoms with van der Waals surface area (Å²) in [6.07, 6.45) is 5.66. The number of ether oxygens (including phenoxy) is 1. The van der Waals surface area contributed by atoms with Crippen molar-refractivity contribution in [2.75, 3.05) is 39.3 Å². The molecule has 2 saturated heterocycles. The molecule has 154 valence electrons. The molecule has 0 bridgehead atoms. The third-order valence-corrected chi connectivity index (χ3v) is 5.39. The van der Waals surface area contributed by atoms with Crippen LogP contribution >= 0.6 is 0 Å². The van der Waals surface area contributed by atoms with Crippen LogP contribution in [0, 0.1) is 5.92 Å². The van der Waals surface area contributed by atoms with Crippen molar-refractivity contribution in [1.82, 2.24) is 15.1 Å². The van der Waals surface area contributed by atoms with Crippen molar-refractivity contribution in [3.63, 3.8) is 0 Å². The monoisotopic (exact) mass is 380 g/mol. The van der Waals surface area contributed by atoms with Gasteiger partial charge in [-0.05, 0) is 52.9 Å². The summed E-state index contributed by atoms with van der Waals surface area (Å²) in [6, 6.07) is 0.343. The lowest BCUT2D eigenvalue weighted by Crippen LogP contribution is -2.48. The highest BCUT2D eigenvalue weighted by atomic mass is 16.5. The Hall–Kier alpha value is -1.79. The second-order valence-electron chi connectivity index (χ2n) is 7.45. The predicted molar refractivity (Wildman–Crippen MR) is 107 cm³/mol. The molecule has 1 unspecified atom stereocenters. The van der Waals surface area contributed by atoms with E-state index in [1.165, 1.54) is 6.42 Å². The van der Waals surface area contributed by atoms with Gasteiger partial charge in [-0.1, -0.05) is 0 Å². The van der Waals surface area contributed by atoms with Crippen molar-refractivity contribution in [3.8, 4) is 0 Å². The van der Waals surface area contributed by atoms with Gasteiger partial charge in [0.15, 0.2) is 5.96 Å². The van der Waals surface area contributed by atoms with Crippen LogP contribution in [0.1, 0.15) is 59.3 Å². The minimum absolute atomic E-state index is 0.0987. The number of nitrogens with one attached hydrogen (secondary N) is 1. The van der Waals surface area contributed by atoms with Crippen molar-refractivity contribution in [2.45, 2.75) is 65.3 Å². The summed E-state index contributed by atoms with van der Waals surface area (Å²) in [6.45, 7) is 10.0. The molecule has 0 aromatic heterocycles. The average molecular weight is 381 g/mol. The lowest BCUT2D eigenvalue weighted by Gasteiger charge is -2.34. The highest BCUT2D eigenvalue weighted by Crippen LogP contribution is 2.19. The molecular formula is C20H36N4O3. The number of aliphatic imine (C=N–C) groups is 1. The molecule has 1 N–H and O–H groups in total. The molecule has 2 aliphatic rings. The fraction of sp³-hybridized carbons (Fsp3) is 0.850. The molecule has 2 rings (SSSR count). The van der Waals surface area contributed by atoms with E-state index < -0.39 is 0 Å². The average Bonchev–Trinajstić information content (AvgIpc) is 2.68. The van der Waals surface area contributed by atoms with Gasteiger partial charge in [-0.25, -0.2) is 0 Å². The molecule has 7 nitrogen and oxygen atoms in total. The number of carbonyl (C=O) groups is 2. The number of piperidine rings is 2. The summed E-state index contributed by atoms with van der Waals surface area (Å²) in [5, 5.41) is 3.30. The molecule has 2 heterocycles. The van der Waals surface area contributed by atoms with E-state index in [0.29, 0.717) is 32.2 Å². The van der Waals surface area contributed by atoms with E-state index in [-0.39, 0.29) is 17.8 Å². The predicted octanol–water partition coefficient (Wildman–Crippen LogP) is 2.02. The fourth-order valence-electron chi connectivity index (χ4n) is 3.92. The zero-order chi connectivity index (χ0) is 19.6. The number of rotatable bonds is 6. The second kappa shape index (κ2) is 11.1. The molecule has 0 aromatic rings. The first-order valence-corrected chi connectivity index (χ1v) is 10.6. The molecule has 0 radical (unpaired) electrons. The topological polar surface area (TPSA) is 74.2 Å². The number of hydrogen-bond acceptors (Lipinski definition) is 4. The Morgan fingerprint density at radius 3 is 2.67 bits per heavy atom. The molecule has 1 amide bonds. The maximum Gasteiger partial charge on any atom is 0.310 e. The quantitative estimate of drug-likeness (QED) is 0.433. The Morgan fingerprint density at radius 1 is 1.15 bits per heavy atom. The number of nitrogens with zero attached hydrogens (tertiary/aromatic N) is 3. The van der Waals surface area contributed by atoms with Crippen molar-refractivity contribution >= 4 is 17.8 Å². The van der Waals surface area contributed by atoms with E-state index in [2.05, 4.69) is 22.1 Å². The normalized spacial score (nSPS) is 23.9. The first-order valence-electron chi connectivity index (χ1n) is 10.6. The Balaban J connectivity index is 1.90. The SMILES string of the molecule is CCNC(=NCCC(=O)N1CCCCC1C)N1CCC[C@H](C(=O)OCC)C1. The zero-order valence-electron chi connectivity index (χ0n) is 17.2. The molecule has 2 atom stereocenters. The highest BCUT2D eigenvalue weighted by Gasteiger charge is 2.28. The number of hydrogen-bond donors (Lipinski definition) is 1. The van der Waals surface area contributed by atoms with Crippen LogP contribution in [-0.4, -0.2) is 73.0 Å². The van der Waals surface area contributed by atoms with Gasteiger partial charge in [0.1, 0.15) is 0 Å². The summed E-state index contributed by atoms with van der Waals surface area (Å²) in [7, 11) is 0. The molecule has 0 saturated carbocycles. The molecule has 27 heavy (non-hydrogen) atoms. The van der Waals surface area contributed by atoms with Gasteiger partial charge in [0.25, 0.3) is 0 Å². The van der Waals surface area contributed by atoms with Crippen molar-refractivity contribution < 1.29 is 14.3 Å². The summed E-state index contributed by atoms with van der Waals surface area (Å²) in [4.78, 5) is 33.4. The van der Waals surface area contributed by atoms with Crippen LogP contribution < -0.4 is 5.32 Å². The van der Waals surface area contributed by atoms with E-state index in [9.17, 15) is 9.59 Å². The largest absolute Gasteiger partial charge is 0.466 e. The Bertz CT molecular complexity index is 523. The lowest BCUT2D eigenvalue weighted by molar-refractivity contribution is -0.149. The lowest BCUT2D eigenvalue weighted by atomic mass is 9.98. The van der Waals surface area contributed by atoms with Crippen LogP contribution in [0.4, 0.5) is 0 Å². The standard InChI is InChI=1S/C20H36N4O3/c1-4-21-20(23-13-8-10-17(15-23)19(26)27-5-2)22-12-11-18(25)24-14-7-6-9-16(24)3/h16-17H,4-15H2,1-3H3,(H,21,22)/t16?,17-/m0/s1. The fourth-order valence-corrected chi connectivity index (χ4v) is 3.92. The third kappa shape index (κ3) is 6.40. The van der Waals surface area contributed by atoms with Crippen LogP contribution in [0.3, 0.4) is 0 Å². The van der Waals surface area contributed by atoms with Gasteiger partial charge < -0.3 is 19.9 Å². The first kappa shape index (κ1) is 21.5. The molecular weight excluding hydrogens is 344 g/mol. The maximum atomic E-state index is 12.5. The van der Waals surface area contributed by atoms with Crippen LogP contribution in [0.25, 0.3) is 0 Å². The number of guanidine groups is 1. The highest BCUT2D eigenvalue weighted by molar-refractivity contribution is 5.82. The smallest absolute Gasteiger partial charge is 0.310 e. The van der Waals surface area contributed by atoms with E-state index in [1.807, 2.05) is 18.7 Å². The number of amides is 1. The molecule has 7 heteroatoms. The van der Waals surface area contributed by atoms with Crippen LogP contribution in [0.15, 0.2) is 4.99 Å². The minimum Gasteiger partial charge on any atom is -0.466 e. The Labute approximate surface area is 163 Å². The van der Waals surface area contributed by atoms with Gasteiger partial charge in [0.2, 0.25) is 5.91 Å². The Morgan fingerprint density at radius 2 is 1.96 bits per heavy atom. The van der Waals surface area contributed by atoms with E-state index in [4.69, 9.17) is 4.74 Å². The maximum absolute atomic E-state index is 12.5. The van der Waals surface area contributed by atoms with Gasteiger partial charge in [-0.15, -0.1) is 0 Å². The molecule has 2 aliphatic heterocycles. The van der Waals surface area contributed by atoms with Gasteiger partial charge in [-0.3, -0.25) is 14.6 Å². The van der Waals surface area contributed by atoms with Gasteiger partial charge in [0, 0.05) is 38.6 Å². The van der Waals surface area contributed by atoms with Crippen LogP contribution in [-0.2, 0) is 14.3 Å². The van der Waals surface area contributed by atoms with Crippen LogP contribution in [0.5, 0.6) is 0 Å². The first-order chi connectivity index (χ1) is 13.1. The summed E-state index contributed by atoms with van der Waals surface area (Å²) in [5.74, 6) is 0.779. The number of carbonyl (C=O) groups excluding carboxylic acids is 2. The van der Waals surface area contributed by atoms with Crippen LogP contribution in [0.2, 0.25) is 0 Å². The summed E-state index contributed by atoms with van der Waals surface area (Å²) in [5.41, 5.74) is 0. The number of likely N-dealkylation sites (tertiary alicyclic amines) is 2. The number of esters is 1. The third-order valence-electron chi connectivity index (χ3n) is 5.39. The van der Waals surface area contributed by atoms with E-state index in [0.717, 1.165) is 51.3 Å². The van der Waals surface area contributed by atoms with E-state index >= 15 is 0 Å². The molecule has 2 fully saturated rings.